The van der Waals surface area contributed by atoms with Crippen LogP contribution in [0.3, 0.4) is 0 Å². The van der Waals surface area contributed by atoms with Crippen molar-refractivity contribution < 1.29 is 14.7 Å². The summed E-state index contributed by atoms with van der Waals surface area (Å²) < 4.78 is 0. The number of rotatable bonds is 4. The van der Waals surface area contributed by atoms with Gasteiger partial charge in [-0.05, 0) is 62.4 Å². The lowest BCUT2D eigenvalue weighted by Gasteiger charge is -2.23. The van der Waals surface area contributed by atoms with Crippen molar-refractivity contribution in [1.82, 2.24) is 4.90 Å². The van der Waals surface area contributed by atoms with Crippen molar-refractivity contribution in [2.75, 3.05) is 13.1 Å². The molecule has 0 heterocycles. The van der Waals surface area contributed by atoms with Crippen molar-refractivity contribution in [3.63, 3.8) is 0 Å². The molecule has 1 amide bonds. The number of nitrogens with zero attached hydrogens (tertiary/aromatic N) is 1. The molecular formula is C17H21NO3. The number of benzene rings is 1. The zero-order chi connectivity index (χ0) is 16.3. The number of hydrogen-bond donors (Lipinski definition) is 1. The van der Waals surface area contributed by atoms with E-state index in [1.807, 2.05) is 34.6 Å². The Balaban J connectivity index is 3.42. The first kappa shape index (κ1) is 16.8. The molecule has 0 spiro atoms. The summed E-state index contributed by atoms with van der Waals surface area (Å²) in [4.78, 5) is 24.8. The van der Waals surface area contributed by atoms with E-state index < -0.39 is 12.5 Å². The van der Waals surface area contributed by atoms with Gasteiger partial charge in [0.1, 0.15) is 6.54 Å². The van der Waals surface area contributed by atoms with Crippen molar-refractivity contribution in [1.29, 1.82) is 0 Å². The summed E-state index contributed by atoms with van der Waals surface area (Å²) in [6.07, 6.45) is 5.24. The second kappa shape index (κ2) is 6.45. The van der Waals surface area contributed by atoms with Crippen LogP contribution in [0.4, 0.5) is 0 Å². The third-order valence-electron chi connectivity index (χ3n) is 4.11. The highest BCUT2D eigenvalue weighted by Gasteiger charge is 2.23. The first-order valence-electron chi connectivity index (χ1n) is 6.73. The normalized spacial score (nSPS) is 10.1. The monoisotopic (exact) mass is 287 g/mol. The maximum Gasteiger partial charge on any atom is 0.323 e. The first-order valence-corrected chi connectivity index (χ1v) is 6.73. The number of amides is 1. The number of hydrogen-bond acceptors (Lipinski definition) is 2. The molecule has 0 radical (unpaired) electrons. The van der Waals surface area contributed by atoms with Crippen LogP contribution in [0.1, 0.15) is 38.2 Å². The zero-order valence-corrected chi connectivity index (χ0v) is 13.2. The van der Waals surface area contributed by atoms with Crippen molar-refractivity contribution in [2.24, 2.45) is 0 Å². The van der Waals surface area contributed by atoms with Crippen LogP contribution in [0.25, 0.3) is 0 Å². The summed E-state index contributed by atoms with van der Waals surface area (Å²) in [6, 6.07) is 0. The van der Waals surface area contributed by atoms with E-state index in [2.05, 4.69) is 5.92 Å². The lowest BCUT2D eigenvalue weighted by molar-refractivity contribution is -0.137. The lowest BCUT2D eigenvalue weighted by atomic mass is 9.89. The van der Waals surface area contributed by atoms with E-state index in [0.29, 0.717) is 5.56 Å². The molecule has 0 atom stereocenters. The molecule has 0 aliphatic heterocycles. The molecule has 0 aromatic heterocycles. The average molecular weight is 287 g/mol. The molecule has 0 fully saturated rings. The fourth-order valence-electron chi connectivity index (χ4n) is 2.45. The van der Waals surface area contributed by atoms with Gasteiger partial charge in [0.25, 0.3) is 5.91 Å². The second-order valence-corrected chi connectivity index (χ2v) is 5.26. The molecule has 0 aliphatic carbocycles. The number of carboxylic acids is 1. The molecule has 1 aromatic rings. The smallest absolute Gasteiger partial charge is 0.323 e. The van der Waals surface area contributed by atoms with Gasteiger partial charge in [-0.25, -0.2) is 0 Å². The van der Waals surface area contributed by atoms with Gasteiger partial charge in [-0.2, -0.15) is 0 Å². The number of carbonyl (C=O) groups excluding carboxylic acids is 1. The summed E-state index contributed by atoms with van der Waals surface area (Å²) in [6.45, 7) is 9.32. The number of carboxylic acid groups (broad SMARTS) is 1. The molecule has 0 saturated heterocycles. The van der Waals surface area contributed by atoms with Crippen LogP contribution in [0.15, 0.2) is 0 Å². The predicted octanol–water partition coefficient (Wildman–Crippen LogP) is 2.39. The molecule has 1 aromatic carbocycles. The van der Waals surface area contributed by atoms with Crippen LogP contribution < -0.4 is 0 Å². The molecule has 1 rings (SSSR count). The molecule has 4 nitrogen and oxygen atoms in total. The quantitative estimate of drug-likeness (QED) is 0.865. The third kappa shape index (κ3) is 3.25. The Bertz CT molecular complexity index is 609. The van der Waals surface area contributed by atoms with Gasteiger partial charge in [-0.1, -0.05) is 5.92 Å². The van der Waals surface area contributed by atoms with Crippen LogP contribution in [0, 0.1) is 47.0 Å². The maximum absolute atomic E-state index is 12.7. The molecule has 1 N–H and O–H groups in total. The van der Waals surface area contributed by atoms with Crippen molar-refractivity contribution >= 4 is 11.9 Å². The molecule has 112 valence electrons. The highest BCUT2D eigenvalue weighted by atomic mass is 16.4. The van der Waals surface area contributed by atoms with Gasteiger partial charge in [-0.3, -0.25) is 9.59 Å². The second-order valence-electron chi connectivity index (χ2n) is 5.26. The maximum atomic E-state index is 12.7. The fraction of sp³-hybridized carbons (Fsp3) is 0.412. The van der Waals surface area contributed by atoms with E-state index in [1.54, 1.807) is 0 Å². The van der Waals surface area contributed by atoms with Crippen LogP contribution in [0.5, 0.6) is 0 Å². The summed E-state index contributed by atoms with van der Waals surface area (Å²) >= 11 is 0. The molecule has 4 heteroatoms. The summed E-state index contributed by atoms with van der Waals surface area (Å²) in [5.74, 6) is 0.948. The van der Waals surface area contributed by atoms with Crippen LogP contribution >= 0.6 is 0 Å². The van der Waals surface area contributed by atoms with Crippen molar-refractivity contribution in [2.45, 2.75) is 34.6 Å². The summed E-state index contributed by atoms with van der Waals surface area (Å²) in [5, 5.41) is 8.94. The molecule has 0 unspecified atom stereocenters. The zero-order valence-electron chi connectivity index (χ0n) is 13.2. The van der Waals surface area contributed by atoms with Crippen molar-refractivity contribution in [3.8, 4) is 12.3 Å². The highest BCUT2D eigenvalue weighted by Crippen LogP contribution is 2.27. The largest absolute Gasteiger partial charge is 0.480 e. The topological polar surface area (TPSA) is 57.6 Å². The number of carbonyl (C=O) groups is 2. The lowest BCUT2D eigenvalue weighted by Crippen LogP contribution is -2.37. The average Bonchev–Trinajstić information content (AvgIpc) is 2.42. The van der Waals surface area contributed by atoms with E-state index in [1.165, 1.54) is 4.90 Å². The fourth-order valence-corrected chi connectivity index (χ4v) is 2.45. The minimum absolute atomic E-state index is 0.0179. The number of terminal acetylenes is 1. The van der Waals surface area contributed by atoms with E-state index >= 15 is 0 Å². The minimum atomic E-state index is -1.07. The van der Waals surface area contributed by atoms with Gasteiger partial charge in [0.2, 0.25) is 0 Å². The van der Waals surface area contributed by atoms with Gasteiger partial charge < -0.3 is 10.0 Å². The highest BCUT2D eigenvalue weighted by molar-refractivity contribution is 5.99. The Morgan fingerprint density at radius 3 is 1.81 bits per heavy atom. The predicted molar refractivity (Wildman–Crippen MR) is 82.5 cm³/mol. The van der Waals surface area contributed by atoms with Gasteiger partial charge in [0.05, 0.1) is 6.54 Å². The van der Waals surface area contributed by atoms with Crippen LogP contribution in [-0.2, 0) is 4.79 Å². The van der Waals surface area contributed by atoms with Gasteiger partial charge in [-0.15, -0.1) is 6.42 Å². The molecule has 0 aliphatic rings. The Morgan fingerprint density at radius 2 is 1.43 bits per heavy atom. The Hall–Kier alpha value is -2.28. The van der Waals surface area contributed by atoms with E-state index in [9.17, 15) is 9.59 Å². The number of aliphatic carboxylic acids is 1. The Morgan fingerprint density at radius 1 is 1.00 bits per heavy atom. The SMILES string of the molecule is C#CCN(CC(=O)O)C(=O)c1c(C)c(C)c(C)c(C)c1C. The standard InChI is InChI=1S/C17H21NO3/c1-7-8-18(9-15(19)20)17(21)16-13(5)11(3)10(2)12(4)14(16)6/h1H,8-9H2,2-6H3,(H,19,20). The van der Waals surface area contributed by atoms with E-state index in [4.69, 9.17) is 11.5 Å². The van der Waals surface area contributed by atoms with Crippen LogP contribution in [0.2, 0.25) is 0 Å². The molecule has 21 heavy (non-hydrogen) atoms. The Kier molecular flexibility index (Phi) is 5.15. The van der Waals surface area contributed by atoms with Gasteiger partial charge >= 0.3 is 5.97 Å². The minimum Gasteiger partial charge on any atom is -0.480 e. The van der Waals surface area contributed by atoms with Crippen LogP contribution in [-0.4, -0.2) is 35.0 Å². The Labute approximate surface area is 125 Å². The molecule has 0 saturated carbocycles. The molecule has 0 bridgehead atoms. The molecular weight excluding hydrogens is 266 g/mol. The van der Waals surface area contributed by atoms with Gasteiger partial charge in [0.15, 0.2) is 0 Å². The summed E-state index contributed by atoms with van der Waals surface area (Å²) in [5.41, 5.74) is 5.59. The third-order valence-corrected chi connectivity index (χ3v) is 4.11. The van der Waals surface area contributed by atoms with E-state index in [-0.39, 0.29) is 12.5 Å². The van der Waals surface area contributed by atoms with Crippen molar-refractivity contribution in [3.05, 3.63) is 33.4 Å². The van der Waals surface area contributed by atoms with Gasteiger partial charge in [0, 0.05) is 5.56 Å². The first-order chi connectivity index (χ1) is 9.72. The summed E-state index contributed by atoms with van der Waals surface area (Å²) in [7, 11) is 0. The van der Waals surface area contributed by atoms with E-state index in [0.717, 1.165) is 27.8 Å².